The van der Waals surface area contributed by atoms with Gasteiger partial charge in [0.15, 0.2) is 0 Å². The molecule has 0 bridgehead atoms. The molecule has 0 radical (unpaired) electrons. The highest BCUT2D eigenvalue weighted by molar-refractivity contribution is 5.82. The summed E-state index contributed by atoms with van der Waals surface area (Å²) >= 11 is 0. The fraction of sp³-hybridized carbons (Fsp3) is 0.684. The van der Waals surface area contributed by atoms with Crippen molar-refractivity contribution in [3.63, 3.8) is 0 Å². The van der Waals surface area contributed by atoms with Crippen molar-refractivity contribution in [3.05, 3.63) is 17.1 Å². The van der Waals surface area contributed by atoms with Gasteiger partial charge >= 0.3 is 0 Å². The van der Waals surface area contributed by atoms with E-state index >= 15 is 0 Å². The zero-order valence-electron chi connectivity index (χ0n) is 16.1. The lowest BCUT2D eigenvalue weighted by Crippen LogP contribution is -2.50. The second kappa shape index (κ2) is 6.74. The fourth-order valence-electron chi connectivity index (χ4n) is 4.82. The minimum Gasteiger partial charge on any atom is -0.368 e. The van der Waals surface area contributed by atoms with Crippen LogP contribution in [0.15, 0.2) is 0 Å². The number of aryl methyl sites for hydroxylation is 1. The van der Waals surface area contributed by atoms with Crippen LogP contribution in [0.3, 0.4) is 0 Å². The smallest absolute Gasteiger partial charge is 0.239 e. The van der Waals surface area contributed by atoms with Gasteiger partial charge in [-0.2, -0.15) is 0 Å². The van der Waals surface area contributed by atoms with Crippen LogP contribution in [-0.2, 0) is 21.4 Å². The van der Waals surface area contributed by atoms with Crippen molar-refractivity contribution in [2.24, 2.45) is 5.73 Å². The standard InChI is InChI=1S/C19H28N6O2/c1-12(17(20)27)24-8-5-19(6-9-24)4-3-14-16(19)22-13(2)23-18(14)25-10-7-21-15(26)11-25/h12H,3-11H2,1-2H3,(H2,20,27)(H,21,26). The second-order valence-corrected chi connectivity index (χ2v) is 8.09. The number of piperazine rings is 1. The first-order valence-corrected chi connectivity index (χ1v) is 9.83. The van der Waals surface area contributed by atoms with E-state index in [-0.39, 0.29) is 23.3 Å². The van der Waals surface area contributed by atoms with Crippen LogP contribution in [0.5, 0.6) is 0 Å². The molecule has 2 aliphatic heterocycles. The highest BCUT2D eigenvalue weighted by Crippen LogP contribution is 2.47. The van der Waals surface area contributed by atoms with Crippen molar-refractivity contribution >= 4 is 17.6 Å². The number of carbonyl (C=O) groups is 2. The van der Waals surface area contributed by atoms with E-state index in [4.69, 9.17) is 15.7 Å². The SMILES string of the molecule is Cc1nc(N2CCNC(=O)C2)c2c(n1)C1(CC2)CCN(C(C)C(N)=O)CC1. The Balaban J connectivity index is 1.61. The maximum atomic E-state index is 11.8. The van der Waals surface area contributed by atoms with Crippen molar-refractivity contribution in [1.29, 1.82) is 0 Å². The summed E-state index contributed by atoms with van der Waals surface area (Å²) in [5.74, 6) is 1.50. The van der Waals surface area contributed by atoms with Gasteiger partial charge in [-0.25, -0.2) is 9.97 Å². The number of nitrogens with one attached hydrogen (secondary N) is 1. The quantitative estimate of drug-likeness (QED) is 0.766. The largest absolute Gasteiger partial charge is 0.368 e. The van der Waals surface area contributed by atoms with Gasteiger partial charge in [0.1, 0.15) is 11.6 Å². The Morgan fingerprint density at radius 1 is 1.22 bits per heavy atom. The molecule has 0 aromatic carbocycles. The van der Waals surface area contributed by atoms with Gasteiger partial charge in [0.2, 0.25) is 11.8 Å². The number of nitrogens with two attached hydrogens (primary N) is 1. The van der Waals surface area contributed by atoms with Crippen molar-refractivity contribution in [2.45, 2.75) is 51.0 Å². The lowest BCUT2D eigenvalue weighted by Gasteiger charge is -2.41. The first kappa shape index (κ1) is 18.2. The molecule has 8 nitrogen and oxygen atoms in total. The number of aromatic nitrogens is 2. The molecule has 3 aliphatic rings. The van der Waals surface area contributed by atoms with Crippen LogP contribution in [0.2, 0.25) is 0 Å². The van der Waals surface area contributed by atoms with E-state index in [0.717, 1.165) is 57.0 Å². The van der Waals surface area contributed by atoms with Gasteiger partial charge in [-0.3, -0.25) is 14.5 Å². The van der Waals surface area contributed by atoms with E-state index in [9.17, 15) is 9.59 Å². The lowest BCUT2D eigenvalue weighted by atomic mass is 9.76. The molecule has 3 N–H and O–H groups in total. The summed E-state index contributed by atoms with van der Waals surface area (Å²) in [6, 6.07) is -0.224. The summed E-state index contributed by atoms with van der Waals surface area (Å²) in [6.45, 7) is 7.33. The van der Waals surface area contributed by atoms with E-state index < -0.39 is 0 Å². The third-order valence-corrected chi connectivity index (χ3v) is 6.51. The van der Waals surface area contributed by atoms with Crippen LogP contribution < -0.4 is 16.0 Å². The molecular formula is C19H28N6O2. The predicted molar refractivity (Wildman–Crippen MR) is 101 cm³/mol. The Kier molecular flexibility index (Phi) is 4.53. The summed E-state index contributed by atoms with van der Waals surface area (Å²) in [7, 11) is 0. The van der Waals surface area contributed by atoms with Gasteiger partial charge in [-0.1, -0.05) is 0 Å². The minimum atomic E-state index is -0.262. The number of nitrogens with zero attached hydrogens (tertiary/aromatic N) is 4. The summed E-state index contributed by atoms with van der Waals surface area (Å²) in [4.78, 5) is 37.2. The topological polar surface area (TPSA) is 104 Å². The normalized spacial score (nSPS) is 23.2. The molecule has 4 rings (SSSR count). The number of carbonyl (C=O) groups excluding carboxylic acids is 2. The maximum absolute atomic E-state index is 11.8. The molecule has 2 fully saturated rings. The molecule has 3 heterocycles. The Morgan fingerprint density at radius 3 is 2.63 bits per heavy atom. The fourth-order valence-corrected chi connectivity index (χ4v) is 4.82. The van der Waals surface area contributed by atoms with Crippen LogP contribution in [0.4, 0.5) is 5.82 Å². The van der Waals surface area contributed by atoms with Gasteiger partial charge in [-0.15, -0.1) is 0 Å². The number of hydrogen-bond donors (Lipinski definition) is 2. The third kappa shape index (κ3) is 3.16. The molecule has 1 unspecified atom stereocenters. The molecule has 1 spiro atoms. The van der Waals surface area contributed by atoms with Crippen molar-refractivity contribution < 1.29 is 9.59 Å². The van der Waals surface area contributed by atoms with Crippen molar-refractivity contribution in [1.82, 2.24) is 20.2 Å². The van der Waals surface area contributed by atoms with E-state index in [0.29, 0.717) is 13.1 Å². The number of hydrogen-bond acceptors (Lipinski definition) is 6. The molecular weight excluding hydrogens is 344 g/mol. The molecule has 8 heteroatoms. The number of anilines is 1. The predicted octanol–water partition coefficient (Wildman–Crippen LogP) is -0.125. The number of piperidine rings is 1. The average Bonchev–Trinajstić information content (AvgIpc) is 2.99. The number of likely N-dealkylation sites (tertiary alicyclic amines) is 1. The summed E-state index contributed by atoms with van der Waals surface area (Å²) in [5.41, 5.74) is 7.93. The molecule has 1 aromatic heterocycles. The first-order chi connectivity index (χ1) is 12.9. The van der Waals surface area contributed by atoms with Crippen molar-refractivity contribution in [3.8, 4) is 0 Å². The summed E-state index contributed by atoms with van der Waals surface area (Å²) in [6.07, 6.45) is 3.97. The molecule has 1 aromatic rings. The van der Waals surface area contributed by atoms with Crippen LogP contribution in [0.1, 0.15) is 43.3 Å². The lowest BCUT2D eigenvalue weighted by molar-refractivity contribution is -0.123. The Hall–Kier alpha value is -2.22. The van der Waals surface area contributed by atoms with Gasteiger partial charge in [0, 0.05) is 24.1 Å². The summed E-state index contributed by atoms with van der Waals surface area (Å²) < 4.78 is 0. The first-order valence-electron chi connectivity index (χ1n) is 9.83. The number of rotatable bonds is 3. The van der Waals surface area contributed by atoms with E-state index in [1.165, 1.54) is 11.3 Å². The van der Waals surface area contributed by atoms with E-state index in [2.05, 4.69) is 15.1 Å². The zero-order valence-corrected chi connectivity index (χ0v) is 16.1. The van der Waals surface area contributed by atoms with Gasteiger partial charge in [-0.05, 0) is 52.6 Å². The van der Waals surface area contributed by atoms with Gasteiger partial charge < -0.3 is 16.0 Å². The molecule has 0 saturated carbocycles. The Bertz CT molecular complexity index is 772. The molecule has 27 heavy (non-hydrogen) atoms. The van der Waals surface area contributed by atoms with Crippen LogP contribution in [0, 0.1) is 6.92 Å². The number of primary amides is 1. The zero-order chi connectivity index (χ0) is 19.2. The molecule has 1 atom stereocenters. The second-order valence-electron chi connectivity index (χ2n) is 8.09. The number of fused-ring (bicyclic) bond motifs is 2. The van der Waals surface area contributed by atoms with Gasteiger partial charge in [0.05, 0.1) is 18.3 Å². The molecule has 2 saturated heterocycles. The van der Waals surface area contributed by atoms with Crippen LogP contribution in [-0.4, -0.2) is 65.4 Å². The minimum absolute atomic E-state index is 0.0488. The third-order valence-electron chi connectivity index (χ3n) is 6.51. The van der Waals surface area contributed by atoms with Crippen molar-refractivity contribution in [2.75, 3.05) is 37.6 Å². The highest BCUT2D eigenvalue weighted by atomic mass is 16.2. The number of amides is 2. The summed E-state index contributed by atoms with van der Waals surface area (Å²) in [5, 5.41) is 2.88. The monoisotopic (exact) mass is 372 g/mol. The van der Waals surface area contributed by atoms with E-state index in [1.807, 2.05) is 13.8 Å². The molecule has 1 aliphatic carbocycles. The maximum Gasteiger partial charge on any atom is 0.239 e. The van der Waals surface area contributed by atoms with E-state index in [1.54, 1.807) is 0 Å². The van der Waals surface area contributed by atoms with Crippen LogP contribution >= 0.6 is 0 Å². The highest BCUT2D eigenvalue weighted by Gasteiger charge is 2.45. The van der Waals surface area contributed by atoms with Gasteiger partial charge in [0.25, 0.3) is 0 Å². The molecule has 2 amide bonds. The Morgan fingerprint density at radius 2 is 1.96 bits per heavy atom. The molecule has 146 valence electrons. The average molecular weight is 372 g/mol. The Labute approximate surface area is 159 Å². The van der Waals surface area contributed by atoms with Crippen LogP contribution in [0.25, 0.3) is 0 Å².